The molecule has 0 aromatic heterocycles. The molecule has 1 aromatic carbocycles. The highest BCUT2D eigenvalue weighted by Gasteiger charge is 2.25. The molecule has 0 fully saturated rings. The number of hydrogen-bond acceptors (Lipinski definition) is 3. The van der Waals surface area contributed by atoms with Gasteiger partial charge in [-0.2, -0.15) is 0 Å². The van der Waals surface area contributed by atoms with Gasteiger partial charge in [-0.1, -0.05) is 23.7 Å². The minimum absolute atomic E-state index is 0.199. The number of aliphatic hydroxyl groups is 1. The quantitative estimate of drug-likeness (QED) is 0.777. The zero-order valence-electron chi connectivity index (χ0n) is 7.81. The number of aliphatic hydroxyl groups excluding tert-OH is 1. The lowest BCUT2D eigenvalue weighted by molar-refractivity contribution is -0.139. The predicted octanol–water partition coefficient (Wildman–Crippen LogP) is 1.64. The SMILES string of the molecule is O=C1OC(CO)C=C1c1cccc(Cl)c1. The van der Waals surface area contributed by atoms with E-state index in [0.717, 1.165) is 0 Å². The van der Waals surface area contributed by atoms with Crippen molar-refractivity contribution >= 4 is 23.1 Å². The summed E-state index contributed by atoms with van der Waals surface area (Å²) in [5.74, 6) is -0.420. The highest BCUT2D eigenvalue weighted by molar-refractivity contribution is 6.31. The van der Waals surface area contributed by atoms with Crippen molar-refractivity contribution in [3.63, 3.8) is 0 Å². The maximum Gasteiger partial charge on any atom is 0.339 e. The lowest BCUT2D eigenvalue weighted by atomic mass is 10.1. The summed E-state index contributed by atoms with van der Waals surface area (Å²) in [6, 6.07) is 6.96. The Balaban J connectivity index is 2.35. The molecular formula is C11H9ClO3. The summed E-state index contributed by atoms with van der Waals surface area (Å²) in [6.45, 7) is -0.199. The Morgan fingerprint density at radius 3 is 2.87 bits per heavy atom. The molecule has 0 radical (unpaired) electrons. The molecule has 1 heterocycles. The normalized spacial score (nSPS) is 20.0. The summed E-state index contributed by atoms with van der Waals surface area (Å²) in [6.07, 6.45) is 1.07. The zero-order chi connectivity index (χ0) is 10.8. The van der Waals surface area contributed by atoms with Crippen molar-refractivity contribution in [2.75, 3.05) is 6.61 Å². The van der Waals surface area contributed by atoms with Crippen molar-refractivity contribution in [3.8, 4) is 0 Å². The molecular weight excluding hydrogens is 216 g/mol. The van der Waals surface area contributed by atoms with Crippen LogP contribution in [0.15, 0.2) is 30.3 Å². The third kappa shape index (κ3) is 2.03. The lowest BCUT2D eigenvalue weighted by Crippen LogP contribution is -2.11. The maximum absolute atomic E-state index is 11.4. The first kappa shape index (κ1) is 10.2. The van der Waals surface area contributed by atoms with Gasteiger partial charge in [-0.05, 0) is 23.8 Å². The van der Waals surface area contributed by atoms with Crippen molar-refractivity contribution in [3.05, 3.63) is 40.9 Å². The molecule has 2 rings (SSSR count). The van der Waals surface area contributed by atoms with Crippen LogP contribution in [-0.4, -0.2) is 23.8 Å². The second-order valence-electron chi connectivity index (χ2n) is 3.22. The van der Waals surface area contributed by atoms with E-state index in [2.05, 4.69) is 0 Å². The van der Waals surface area contributed by atoms with E-state index in [0.29, 0.717) is 16.2 Å². The fourth-order valence-electron chi connectivity index (χ4n) is 1.45. The van der Waals surface area contributed by atoms with Gasteiger partial charge in [0.25, 0.3) is 0 Å². The number of cyclic esters (lactones) is 1. The molecule has 1 N–H and O–H groups in total. The fourth-order valence-corrected chi connectivity index (χ4v) is 1.64. The van der Waals surface area contributed by atoms with Gasteiger partial charge in [-0.15, -0.1) is 0 Å². The molecule has 1 atom stereocenters. The minimum atomic E-state index is -0.536. The number of benzene rings is 1. The summed E-state index contributed by atoms with van der Waals surface area (Å²) in [5.41, 5.74) is 1.17. The molecule has 1 aromatic rings. The summed E-state index contributed by atoms with van der Waals surface area (Å²) < 4.78 is 4.89. The molecule has 0 bridgehead atoms. The van der Waals surface area contributed by atoms with E-state index in [1.54, 1.807) is 30.3 Å². The third-order valence-electron chi connectivity index (χ3n) is 2.15. The van der Waals surface area contributed by atoms with Crippen molar-refractivity contribution in [1.29, 1.82) is 0 Å². The molecule has 0 spiro atoms. The predicted molar refractivity (Wildman–Crippen MR) is 56.4 cm³/mol. The number of carbonyl (C=O) groups excluding carboxylic acids is 1. The van der Waals surface area contributed by atoms with Gasteiger partial charge < -0.3 is 9.84 Å². The Labute approximate surface area is 91.9 Å². The van der Waals surface area contributed by atoms with Crippen LogP contribution in [0.1, 0.15) is 5.56 Å². The summed E-state index contributed by atoms with van der Waals surface area (Å²) in [5, 5.41) is 9.42. The average Bonchev–Trinajstić information content (AvgIpc) is 2.60. The van der Waals surface area contributed by atoms with Crippen LogP contribution < -0.4 is 0 Å². The van der Waals surface area contributed by atoms with Crippen LogP contribution in [0.3, 0.4) is 0 Å². The van der Waals surface area contributed by atoms with Crippen LogP contribution in [0, 0.1) is 0 Å². The van der Waals surface area contributed by atoms with Crippen LogP contribution in [-0.2, 0) is 9.53 Å². The monoisotopic (exact) mass is 224 g/mol. The lowest BCUT2D eigenvalue weighted by Gasteiger charge is -2.01. The van der Waals surface area contributed by atoms with Crippen molar-refractivity contribution < 1.29 is 14.6 Å². The topological polar surface area (TPSA) is 46.5 Å². The van der Waals surface area contributed by atoms with E-state index >= 15 is 0 Å². The van der Waals surface area contributed by atoms with Crippen LogP contribution >= 0.6 is 11.6 Å². The molecule has 3 nitrogen and oxygen atoms in total. The molecule has 78 valence electrons. The van der Waals surface area contributed by atoms with Gasteiger partial charge in [0, 0.05) is 5.02 Å². The molecule has 4 heteroatoms. The Bertz CT molecular complexity index is 426. The standard InChI is InChI=1S/C11H9ClO3/c12-8-3-1-2-7(4-8)10-5-9(6-13)15-11(10)14/h1-5,9,13H,6H2. The molecule has 1 aliphatic heterocycles. The van der Waals surface area contributed by atoms with E-state index in [1.165, 1.54) is 0 Å². The van der Waals surface area contributed by atoms with Gasteiger partial charge in [0.15, 0.2) is 0 Å². The minimum Gasteiger partial charge on any atom is -0.452 e. The van der Waals surface area contributed by atoms with Gasteiger partial charge >= 0.3 is 5.97 Å². The first-order chi connectivity index (χ1) is 7.20. The van der Waals surface area contributed by atoms with E-state index in [9.17, 15) is 4.79 Å². The van der Waals surface area contributed by atoms with E-state index in [1.807, 2.05) is 0 Å². The van der Waals surface area contributed by atoms with Crippen molar-refractivity contribution in [2.24, 2.45) is 0 Å². The molecule has 0 amide bonds. The Morgan fingerprint density at radius 1 is 1.47 bits per heavy atom. The van der Waals surface area contributed by atoms with Crippen molar-refractivity contribution in [2.45, 2.75) is 6.10 Å². The highest BCUT2D eigenvalue weighted by atomic mass is 35.5. The van der Waals surface area contributed by atoms with Crippen LogP contribution in [0.25, 0.3) is 5.57 Å². The molecule has 15 heavy (non-hydrogen) atoms. The smallest absolute Gasteiger partial charge is 0.339 e. The first-order valence-electron chi connectivity index (χ1n) is 4.50. The van der Waals surface area contributed by atoms with Gasteiger partial charge in [0.2, 0.25) is 0 Å². The van der Waals surface area contributed by atoms with Gasteiger partial charge in [0.05, 0.1) is 12.2 Å². The van der Waals surface area contributed by atoms with Crippen molar-refractivity contribution in [1.82, 2.24) is 0 Å². The Hall–Kier alpha value is -1.32. The average molecular weight is 225 g/mol. The van der Waals surface area contributed by atoms with Gasteiger partial charge in [-0.25, -0.2) is 4.79 Å². The van der Waals surface area contributed by atoms with Crippen LogP contribution in [0.4, 0.5) is 0 Å². The molecule has 1 unspecified atom stereocenters. The number of esters is 1. The molecule has 0 saturated carbocycles. The van der Waals surface area contributed by atoms with E-state index in [-0.39, 0.29) is 6.61 Å². The third-order valence-corrected chi connectivity index (χ3v) is 2.38. The summed E-state index contributed by atoms with van der Waals surface area (Å²) in [4.78, 5) is 11.4. The number of hydrogen-bond donors (Lipinski definition) is 1. The Kier molecular flexibility index (Phi) is 2.75. The zero-order valence-corrected chi connectivity index (χ0v) is 8.57. The second-order valence-corrected chi connectivity index (χ2v) is 3.65. The molecule has 0 aliphatic carbocycles. The summed E-state index contributed by atoms with van der Waals surface area (Å²) in [7, 11) is 0. The van der Waals surface area contributed by atoms with E-state index < -0.39 is 12.1 Å². The largest absolute Gasteiger partial charge is 0.452 e. The fraction of sp³-hybridized carbons (Fsp3) is 0.182. The van der Waals surface area contributed by atoms with E-state index in [4.69, 9.17) is 21.4 Å². The number of ether oxygens (including phenoxy) is 1. The first-order valence-corrected chi connectivity index (χ1v) is 4.88. The number of carbonyl (C=O) groups is 1. The van der Waals surface area contributed by atoms with Crippen LogP contribution in [0.2, 0.25) is 5.02 Å². The second kappa shape index (κ2) is 4.04. The molecule has 0 saturated heterocycles. The Morgan fingerprint density at radius 2 is 2.27 bits per heavy atom. The number of rotatable bonds is 2. The maximum atomic E-state index is 11.4. The summed E-state index contributed by atoms with van der Waals surface area (Å²) >= 11 is 5.81. The van der Waals surface area contributed by atoms with Crippen LogP contribution in [0.5, 0.6) is 0 Å². The highest BCUT2D eigenvalue weighted by Crippen LogP contribution is 2.25. The van der Waals surface area contributed by atoms with Gasteiger partial charge in [0.1, 0.15) is 6.10 Å². The van der Waals surface area contributed by atoms with Gasteiger partial charge in [-0.3, -0.25) is 0 Å². The number of halogens is 1. The molecule has 1 aliphatic rings.